The lowest BCUT2D eigenvalue weighted by molar-refractivity contribution is 0.286. The number of aromatic nitrogens is 4. The minimum atomic E-state index is -0.0842. The molecule has 4 aromatic rings. The summed E-state index contributed by atoms with van der Waals surface area (Å²) < 4.78 is 5.86. The van der Waals surface area contributed by atoms with Crippen molar-refractivity contribution in [2.24, 2.45) is 5.73 Å². The van der Waals surface area contributed by atoms with Crippen LogP contribution in [0.5, 0.6) is 5.75 Å². The largest absolute Gasteiger partial charge is 0.490 e. The Balaban J connectivity index is 0.000000807. The van der Waals surface area contributed by atoms with Crippen LogP contribution in [0.15, 0.2) is 61.1 Å². The van der Waals surface area contributed by atoms with Crippen molar-refractivity contribution in [3.63, 3.8) is 0 Å². The molecule has 0 aliphatic heterocycles. The number of nitrogens with two attached hydrogens (primary N) is 1. The van der Waals surface area contributed by atoms with E-state index in [0.717, 1.165) is 34.3 Å². The van der Waals surface area contributed by atoms with Crippen molar-refractivity contribution < 1.29 is 4.74 Å². The number of aryl methyl sites for hydroxylation is 1. The van der Waals surface area contributed by atoms with E-state index in [1.165, 1.54) is 5.56 Å². The maximum absolute atomic E-state index is 6.20. The van der Waals surface area contributed by atoms with Gasteiger partial charge in [-0.3, -0.25) is 15.1 Å². The monoisotopic (exact) mass is 419 g/mol. The number of hydrogen-bond donors (Lipinski definition) is 2. The zero-order valence-electron chi connectivity index (χ0n) is 19.1. The number of fused-ring (bicyclic) bond motifs is 1. The van der Waals surface area contributed by atoms with Crippen molar-refractivity contribution in [3.05, 3.63) is 72.3 Å². The minimum absolute atomic E-state index is 0.0842. The van der Waals surface area contributed by atoms with E-state index < -0.39 is 0 Å². The Kier molecular flexibility index (Phi) is 9.65. The molecule has 0 aliphatic carbocycles. The summed E-state index contributed by atoms with van der Waals surface area (Å²) in [4.78, 5) is 8.76. The Morgan fingerprint density at radius 1 is 1.00 bits per heavy atom. The first-order valence-electron chi connectivity index (χ1n) is 10.9. The van der Waals surface area contributed by atoms with Crippen LogP contribution < -0.4 is 10.5 Å². The van der Waals surface area contributed by atoms with Crippen molar-refractivity contribution in [2.75, 3.05) is 6.61 Å². The van der Waals surface area contributed by atoms with E-state index in [0.29, 0.717) is 12.4 Å². The Labute approximate surface area is 184 Å². The molecule has 0 fully saturated rings. The molecule has 3 N–H and O–H groups in total. The van der Waals surface area contributed by atoms with Crippen molar-refractivity contribution >= 4 is 10.9 Å². The zero-order valence-corrected chi connectivity index (χ0v) is 19.1. The molecule has 6 heteroatoms. The van der Waals surface area contributed by atoms with Gasteiger partial charge in [0.15, 0.2) is 0 Å². The van der Waals surface area contributed by atoms with Crippen LogP contribution in [0.1, 0.15) is 39.0 Å². The van der Waals surface area contributed by atoms with Gasteiger partial charge in [-0.15, -0.1) is 0 Å². The number of nitrogens with zero attached hydrogens (tertiary/aromatic N) is 3. The summed E-state index contributed by atoms with van der Waals surface area (Å²) in [6, 6.07) is 14.0. The van der Waals surface area contributed by atoms with Crippen LogP contribution >= 0.6 is 0 Å². The Morgan fingerprint density at radius 2 is 1.74 bits per heavy atom. The van der Waals surface area contributed by atoms with E-state index >= 15 is 0 Å². The molecule has 164 valence electrons. The zero-order chi connectivity index (χ0) is 22.6. The second-order valence-corrected chi connectivity index (χ2v) is 6.61. The number of H-pyrrole nitrogens is 1. The van der Waals surface area contributed by atoms with Crippen LogP contribution in [0.4, 0.5) is 0 Å². The van der Waals surface area contributed by atoms with Crippen LogP contribution in [0, 0.1) is 6.92 Å². The first kappa shape index (κ1) is 24.0. The number of benzene rings is 1. The van der Waals surface area contributed by atoms with Gasteiger partial charge < -0.3 is 10.5 Å². The van der Waals surface area contributed by atoms with E-state index in [9.17, 15) is 0 Å². The average molecular weight is 420 g/mol. The molecule has 0 saturated heterocycles. The molecule has 3 aromatic heterocycles. The number of rotatable bonds is 6. The van der Waals surface area contributed by atoms with E-state index in [1.54, 1.807) is 18.6 Å². The lowest BCUT2D eigenvalue weighted by Gasteiger charge is -2.13. The van der Waals surface area contributed by atoms with Gasteiger partial charge in [-0.05, 0) is 31.0 Å². The number of ether oxygens (including phenoxy) is 1. The Hall–Kier alpha value is -3.25. The Bertz CT molecular complexity index is 1050. The van der Waals surface area contributed by atoms with Crippen LogP contribution in [0.3, 0.4) is 0 Å². The maximum atomic E-state index is 6.20. The van der Waals surface area contributed by atoms with Crippen LogP contribution in [-0.2, 0) is 6.42 Å². The smallest absolute Gasteiger partial charge is 0.138 e. The predicted octanol–water partition coefficient (Wildman–Crippen LogP) is 5.33. The van der Waals surface area contributed by atoms with Crippen LogP contribution in [0.2, 0.25) is 0 Å². The van der Waals surface area contributed by atoms with Gasteiger partial charge in [0.1, 0.15) is 17.9 Å². The molecule has 31 heavy (non-hydrogen) atoms. The van der Waals surface area contributed by atoms with Gasteiger partial charge in [0, 0.05) is 28.9 Å². The molecule has 1 aromatic carbocycles. The second-order valence-electron chi connectivity index (χ2n) is 6.61. The van der Waals surface area contributed by atoms with E-state index in [4.69, 9.17) is 10.5 Å². The van der Waals surface area contributed by atoms with Crippen molar-refractivity contribution in [3.8, 4) is 17.0 Å². The molecule has 4 rings (SSSR count). The summed E-state index contributed by atoms with van der Waals surface area (Å²) in [5.41, 5.74) is 11.0. The fourth-order valence-electron chi connectivity index (χ4n) is 3.02. The first-order valence-corrected chi connectivity index (χ1v) is 10.9. The van der Waals surface area contributed by atoms with Gasteiger partial charge in [0.2, 0.25) is 0 Å². The molecular formula is C25H33N5O. The molecule has 0 unspecified atom stereocenters. The topological polar surface area (TPSA) is 89.7 Å². The van der Waals surface area contributed by atoms with Gasteiger partial charge in [-0.25, -0.2) is 0 Å². The normalized spacial score (nSPS) is 11.0. The molecule has 0 radical (unpaired) electrons. The van der Waals surface area contributed by atoms with Gasteiger partial charge >= 0.3 is 0 Å². The average Bonchev–Trinajstić information content (AvgIpc) is 3.21. The molecule has 1 atom stereocenters. The minimum Gasteiger partial charge on any atom is -0.490 e. The lowest BCUT2D eigenvalue weighted by Crippen LogP contribution is -2.30. The number of hydrogen-bond acceptors (Lipinski definition) is 5. The highest BCUT2D eigenvalue weighted by Gasteiger charge is 2.09. The standard InChI is InChI=1S/C21H21N5O.2C2H6/c1-14-19-9-20(24-12-21(19)26-25-14)16-8-18(11-23-10-16)27-13-17(22)7-15-5-3-2-4-6-15;2*1-2/h2-6,8-12,17H,7,13,22H2,1H3,(H,25,26);2*1-2H3/t17-;;/m0../s1. The summed E-state index contributed by atoms with van der Waals surface area (Å²) in [6.07, 6.45) is 6.00. The number of pyridine rings is 2. The molecule has 0 saturated carbocycles. The van der Waals surface area contributed by atoms with Crippen molar-refractivity contribution in [1.82, 2.24) is 20.2 Å². The highest BCUT2D eigenvalue weighted by Crippen LogP contribution is 2.24. The van der Waals surface area contributed by atoms with Gasteiger partial charge in [-0.1, -0.05) is 58.0 Å². The molecule has 0 amide bonds. The highest BCUT2D eigenvalue weighted by atomic mass is 16.5. The quantitative estimate of drug-likeness (QED) is 0.441. The van der Waals surface area contributed by atoms with E-state index in [-0.39, 0.29) is 6.04 Å². The van der Waals surface area contributed by atoms with Crippen molar-refractivity contribution in [2.45, 2.75) is 47.1 Å². The van der Waals surface area contributed by atoms with E-state index in [1.807, 2.05) is 65.0 Å². The summed E-state index contributed by atoms with van der Waals surface area (Å²) in [7, 11) is 0. The second kappa shape index (κ2) is 12.4. The van der Waals surface area contributed by atoms with Gasteiger partial charge in [-0.2, -0.15) is 5.10 Å². The molecule has 0 bridgehead atoms. The fourth-order valence-corrected chi connectivity index (χ4v) is 3.02. The van der Waals surface area contributed by atoms with E-state index in [2.05, 4.69) is 32.3 Å². The van der Waals surface area contributed by atoms with Gasteiger partial charge in [0.05, 0.1) is 18.1 Å². The molecular weight excluding hydrogens is 386 g/mol. The summed E-state index contributed by atoms with van der Waals surface area (Å²) in [6.45, 7) is 10.4. The van der Waals surface area contributed by atoms with Crippen molar-refractivity contribution in [1.29, 1.82) is 0 Å². The third-order valence-electron chi connectivity index (χ3n) is 4.44. The lowest BCUT2D eigenvalue weighted by atomic mass is 10.1. The summed E-state index contributed by atoms with van der Waals surface area (Å²) >= 11 is 0. The number of aromatic amines is 1. The summed E-state index contributed by atoms with van der Waals surface area (Å²) in [5.74, 6) is 0.682. The maximum Gasteiger partial charge on any atom is 0.138 e. The predicted molar refractivity (Wildman–Crippen MR) is 128 cm³/mol. The Morgan fingerprint density at radius 3 is 2.48 bits per heavy atom. The van der Waals surface area contributed by atoms with Crippen LogP contribution in [0.25, 0.3) is 22.2 Å². The molecule has 0 aliphatic rings. The first-order chi connectivity index (χ1) is 15.2. The third kappa shape index (κ3) is 6.62. The van der Waals surface area contributed by atoms with Crippen LogP contribution in [-0.4, -0.2) is 32.8 Å². The molecule has 6 nitrogen and oxygen atoms in total. The molecule has 0 spiro atoms. The highest BCUT2D eigenvalue weighted by molar-refractivity contribution is 5.84. The fraction of sp³-hybridized carbons (Fsp3) is 0.320. The summed E-state index contributed by atoms with van der Waals surface area (Å²) in [5, 5.41) is 8.24. The number of nitrogens with one attached hydrogen (secondary N) is 1. The third-order valence-corrected chi connectivity index (χ3v) is 4.44. The van der Waals surface area contributed by atoms with Gasteiger partial charge in [0.25, 0.3) is 0 Å². The SMILES string of the molecule is CC.CC.Cc1[nH]nc2cnc(-c3cncc(OC[C@@H](N)Cc4ccccc4)c3)cc12. The molecule has 3 heterocycles.